The highest BCUT2D eigenvalue weighted by atomic mass is 31.2. The molecule has 45 heavy (non-hydrogen) atoms. The van der Waals surface area contributed by atoms with Gasteiger partial charge in [-0.15, -0.1) is 0 Å². The van der Waals surface area contributed by atoms with Crippen LogP contribution in [0.25, 0.3) is 0 Å². The summed E-state index contributed by atoms with van der Waals surface area (Å²) < 4.78 is 54.1. The number of nitrogens with zero attached hydrogens (tertiary/aromatic N) is 2. The van der Waals surface area contributed by atoms with Crippen molar-refractivity contribution in [2.24, 2.45) is 0 Å². The van der Waals surface area contributed by atoms with E-state index in [-0.39, 0.29) is 38.3 Å². The van der Waals surface area contributed by atoms with Crippen molar-refractivity contribution in [3.8, 4) is 17.6 Å². The number of halogens is 1. The van der Waals surface area contributed by atoms with Crippen LogP contribution in [0.5, 0.6) is 11.5 Å². The molecule has 0 amide bonds. The number of methoxy groups -OCH3 is 2. The van der Waals surface area contributed by atoms with Gasteiger partial charge in [0.15, 0.2) is 6.17 Å². The van der Waals surface area contributed by atoms with Gasteiger partial charge >= 0.3 is 0 Å². The van der Waals surface area contributed by atoms with Crippen molar-refractivity contribution in [2.75, 3.05) is 34.0 Å². The molecule has 1 fully saturated rings. The molecule has 1 unspecified atom stereocenters. The number of hydrogen-bond acceptors (Lipinski definition) is 8. The van der Waals surface area contributed by atoms with Gasteiger partial charge in [0.25, 0.3) is 8.53 Å². The molecule has 0 bridgehead atoms. The molecule has 0 saturated carbocycles. The zero-order chi connectivity index (χ0) is 32.4. The monoisotopic (exact) mass is 638 g/mol. The van der Waals surface area contributed by atoms with Crippen molar-refractivity contribution in [3.63, 3.8) is 0 Å². The maximum Gasteiger partial charge on any atom is 0.259 e. The maximum atomic E-state index is 15.6. The van der Waals surface area contributed by atoms with E-state index in [9.17, 15) is 0 Å². The summed E-state index contributed by atoms with van der Waals surface area (Å²) >= 11 is 0. The van der Waals surface area contributed by atoms with Crippen molar-refractivity contribution < 1.29 is 32.4 Å². The molecule has 4 atom stereocenters. The van der Waals surface area contributed by atoms with E-state index in [2.05, 4.69) is 10.7 Å². The summed E-state index contributed by atoms with van der Waals surface area (Å²) in [5.74, 6) is 1.43. The average Bonchev–Trinajstić information content (AvgIpc) is 3.40. The number of hydrogen-bond donors (Lipinski definition) is 0. The molecule has 0 radical (unpaired) electrons. The van der Waals surface area contributed by atoms with Gasteiger partial charge in [0.2, 0.25) is 0 Å². The molecule has 3 aromatic rings. The highest BCUT2D eigenvalue weighted by molar-refractivity contribution is 7.44. The molecule has 0 aromatic heterocycles. The van der Waals surface area contributed by atoms with Crippen LogP contribution in [0.1, 0.15) is 50.8 Å². The molecule has 0 N–H and O–H groups in total. The predicted octanol–water partition coefficient (Wildman–Crippen LogP) is 7.41. The second-order valence-corrected chi connectivity index (χ2v) is 12.7. The van der Waals surface area contributed by atoms with Crippen LogP contribution in [0.3, 0.4) is 0 Å². The number of ether oxygens (including phenoxy) is 4. The van der Waals surface area contributed by atoms with E-state index in [1.807, 2.05) is 107 Å². The SMILES string of the molecule is COc1ccc(C(OC[C@H]2OC[C@H](F)[C@@H]2OP(OCCC#N)N(C(C)C)C(C)C)(c2ccccc2)c2ccc(OC)cc2)cc1. The Morgan fingerprint density at radius 1 is 0.889 bits per heavy atom. The molecule has 3 aromatic carbocycles. The van der Waals surface area contributed by atoms with Crippen LogP contribution in [0.15, 0.2) is 78.9 Å². The summed E-state index contributed by atoms with van der Waals surface area (Å²) in [7, 11) is 1.57. The highest BCUT2D eigenvalue weighted by Gasteiger charge is 2.45. The Kier molecular flexibility index (Phi) is 12.7. The largest absolute Gasteiger partial charge is 0.497 e. The maximum absolute atomic E-state index is 15.6. The fourth-order valence-corrected chi connectivity index (χ4v) is 7.38. The number of alkyl halides is 1. The van der Waals surface area contributed by atoms with E-state index in [0.29, 0.717) is 11.5 Å². The first kappa shape index (κ1) is 34.8. The van der Waals surface area contributed by atoms with Crippen LogP contribution in [0.4, 0.5) is 4.39 Å². The van der Waals surface area contributed by atoms with Gasteiger partial charge < -0.3 is 28.0 Å². The van der Waals surface area contributed by atoms with Crippen molar-refractivity contribution in [1.29, 1.82) is 5.26 Å². The number of nitriles is 1. The van der Waals surface area contributed by atoms with Crippen LogP contribution in [-0.2, 0) is 24.1 Å². The summed E-state index contributed by atoms with van der Waals surface area (Å²) in [6.07, 6.45) is -2.82. The Balaban J connectivity index is 1.72. The molecule has 0 spiro atoms. The van der Waals surface area contributed by atoms with Crippen molar-refractivity contribution in [3.05, 3.63) is 95.6 Å². The summed E-state index contributed by atoms with van der Waals surface area (Å²) in [6, 6.07) is 27.7. The predicted molar refractivity (Wildman–Crippen MR) is 173 cm³/mol. The second-order valence-electron chi connectivity index (χ2n) is 11.3. The van der Waals surface area contributed by atoms with Crippen molar-refractivity contribution in [1.82, 2.24) is 4.67 Å². The molecule has 1 saturated heterocycles. The smallest absolute Gasteiger partial charge is 0.259 e. The minimum atomic E-state index is -1.68. The van der Waals surface area contributed by atoms with E-state index < -0.39 is 32.5 Å². The van der Waals surface area contributed by atoms with Crippen LogP contribution in [0.2, 0.25) is 0 Å². The molecule has 10 heteroatoms. The Hall–Kier alpha value is -3.09. The Morgan fingerprint density at radius 3 is 1.91 bits per heavy atom. The van der Waals surface area contributed by atoms with Crippen molar-refractivity contribution in [2.45, 2.75) is 70.2 Å². The molecule has 4 rings (SSSR count). The first-order valence-corrected chi connectivity index (χ1v) is 16.4. The lowest BCUT2D eigenvalue weighted by molar-refractivity contribution is -0.0683. The first-order chi connectivity index (χ1) is 21.7. The molecule has 8 nitrogen and oxygen atoms in total. The molecule has 0 aliphatic carbocycles. The quantitative estimate of drug-likeness (QED) is 0.0912. The van der Waals surface area contributed by atoms with Gasteiger partial charge in [0.1, 0.15) is 29.3 Å². The van der Waals surface area contributed by atoms with E-state index >= 15 is 4.39 Å². The topological polar surface area (TPSA) is 82.4 Å². The fourth-order valence-electron chi connectivity index (χ4n) is 5.59. The second kappa shape index (κ2) is 16.5. The van der Waals surface area contributed by atoms with Gasteiger partial charge in [-0.05, 0) is 68.7 Å². The van der Waals surface area contributed by atoms with Crippen LogP contribution in [0, 0.1) is 11.3 Å². The summed E-state index contributed by atoms with van der Waals surface area (Å²) in [4.78, 5) is 0. The first-order valence-electron chi connectivity index (χ1n) is 15.2. The van der Waals surface area contributed by atoms with Crippen molar-refractivity contribution >= 4 is 8.53 Å². The van der Waals surface area contributed by atoms with E-state index in [4.69, 9.17) is 33.3 Å². The molecule has 1 aliphatic heterocycles. The van der Waals surface area contributed by atoms with Gasteiger partial charge in [0, 0.05) is 12.1 Å². The van der Waals surface area contributed by atoms with Gasteiger partial charge in [0.05, 0.1) is 46.5 Å². The molecular formula is C35H44FN2O6P. The zero-order valence-corrected chi connectivity index (χ0v) is 27.8. The highest BCUT2D eigenvalue weighted by Crippen LogP contribution is 2.49. The number of benzene rings is 3. The normalized spacial score (nSPS) is 19.2. The molecular weight excluding hydrogens is 594 g/mol. The molecule has 1 aliphatic rings. The lowest BCUT2D eigenvalue weighted by atomic mass is 9.80. The minimum absolute atomic E-state index is 0.0305. The van der Waals surface area contributed by atoms with Crippen LogP contribution in [-0.4, -0.2) is 69.2 Å². The fraction of sp³-hybridized carbons (Fsp3) is 0.457. The van der Waals surface area contributed by atoms with Crippen LogP contribution < -0.4 is 9.47 Å². The third-order valence-electron chi connectivity index (χ3n) is 7.70. The third kappa shape index (κ3) is 8.20. The molecule has 1 heterocycles. The van der Waals surface area contributed by atoms with Crippen LogP contribution >= 0.6 is 8.53 Å². The van der Waals surface area contributed by atoms with E-state index in [1.165, 1.54) is 0 Å². The third-order valence-corrected chi connectivity index (χ3v) is 9.83. The lowest BCUT2D eigenvalue weighted by Crippen LogP contribution is -2.41. The Morgan fingerprint density at radius 2 is 1.42 bits per heavy atom. The van der Waals surface area contributed by atoms with Gasteiger partial charge in [-0.2, -0.15) is 5.26 Å². The summed E-state index contributed by atoms with van der Waals surface area (Å²) in [5.41, 5.74) is 1.53. The zero-order valence-electron chi connectivity index (χ0n) is 26.9. The average molecular weight is 639 g/mol. The number of rotatable bonds is 16. The van der Waals surface area contributed by atoms with Gasteiger partial charge in [-0.1, -0.05) is 54.6 Å². The van der Waals surface area contributed by atoms with Gasteiger partial charge in [-0.25, -0.2) is 9.06 Å². The van der Waals surface area contributed by atoms with Gasteiger partial charge in [-0.3, -0.25) is 0 Å². The standard InChI is InChI=1S/C35H44FN2O6P/c1-25(2)38(26(3)4)45(43-22-10-21-37)44-34-32(36)23-41-33(34)24-42-35(27-11-8-7-9-12-27,28-13-17-30(39-5)18-14-28)29-15-19-31(40-6)20-16-29/h7-9,11-20,25-26,32-34H,10,22-24H2,1-6H3/t32-,33+,34-,45?/m0/s1. The molecule has 242 valence electrons. The summed E-state index contributed by atoms with van der Waals surface area (Å²) in [5, 5.41) is 9.10. The lowest BCUT2D eigenvalue weighted by Gasteiger charge is -2.39. The van der Waals surface area contributed by atoms with E-state index in [1.54, 1.807) is 14.2 Å². The Bertz CT molecular complexity index is 1300. The van der Waals surface area contributed by atoms with E-state index in [0.717, 1.165) is 16.7 Å². The summed E-state index contributed by atoms with van der Waals surface area (Å²) in [6.45, 7) is 8.28. The minimum Gasteiger partial charge on any atom is -0.497 e. The Labute approximate surface area is 267 Å².